The van der Waals surface area contributed by atoms with Crippen molar-refractivity contribution in [1.82, 2.24) is 0 Å². The third kappa shape index (κ3) is 68.1. The van der Waals surface area contributed by atoms with E-state index in [1.54, 1.807) is 0 Å². The molecule has 490 valence electrons. The zero-order chi connectivity index (χ0) is 59.8. The molecule has 0 spiro atoms. The Kier molecular flexibility index (Phi) is 63.7. The van der Waals surface area contributed by atoms with Gasteiger partial charge in [0.25, 0.3) is 0 Å². The first-order valence-electron chi connectivity index (χ1n) is 36.8. The monoisotopic (exact) mass is 1180 g/mol. The molecule has 9 nitrogen and oxygen atoms in total. The van der Waals surface area contributed by atoms with Gasteiger partial charge in [-0.15, -0.1) is 0 Å². The van der Waals surface area contributed by atoms with E-state index in [0.29, 0.717) is 17.4 Å². The molecule has 0 heterocycles. The van der Waals surface area contributed by atoms with Crippen LogP contribution in [0.1, 0.15) is 399 Å². The van der Waals surface area contributed by atoms with Crippen molar-refractivity contribution in [3.8, 4) is 0 Å². The first-order chi connectivity index (χ1) is 40.0. The number of hydrogen-bond acceptors (Lipinski definition) is 7. The molecule has 0 saturated carbocycles. The molecule has 0 aromatic carbocycles. The molecule has 0 bridgehead atoms. The van der Waals surface area contributed by atoms with Gasteiger partial charge < -0.3 is 18.9 Å². The van der Waals surface area contributed by atoms with Crippen LogP contribution in [0, 0.1) is 0 Å². The predicted octanol–water partition coefficient (Wildman–Crippen LogP) is 23.7. The van der Waals surface area contributed by atoms with E-state index >= 15 is 0 Å². The summed E-state index contributed by atoms with van der Waals surface area (Å²) in [7, 11) is 1.51. The summed E-state index contributed by atoms with van der Waals surface area (Å²) in [5.41, 5.74) is 0. The van der Waals surface area contributed by atoms with Gasteiger partial charge in [0.15, 0.2) is 6.10 Å². The van der Waals surface area contributed by atoms with Gasteiger partial charge in [-0.3, -0.25) is 18.6 Å². The molecule has 0 saturated heterocycles. The summed E-state index contributed by atoms with van der Waals surface area (Å²) in [5, 5.41) is 0. The van der Waals surface area contributed by atoms with Crippen LogP contribution in [0.2, 0.25) is 0 Å². The minimum atomic E-state index is -4.39. The average molecular weight is 1180 g/mol. The summed E-state index contributed by atoms with van der Waals surface area (Å²) >= 11 is 0. The fourth-order valence-electron chi connectivity index (χ4n) is 11.5. The predicted molar refractivity (Wildman–Crippen MR) is 354 cm³/mol. The molecular weight excluding hydrogens is 1040 g/mol. The average Bonchev–Trinajstić information content (AvgIpc) is 3.46. The third-order valence-electron chi connectivity index (χ3n) is 17.1. The zero-order valence-corrected chi connectivity index (χ0v) is 56.9. The second-order valence-electron chi connectivity index (χ2n) is 26.7. The van der Waals surface area contributed by atoms with Crippen molar-refractivity contribution < 1.29 is 42.1 Å². The Bertz CT molecular complexity index is 1340. The van der Waals surface area contributed by atoms with Crippen LogP contribution in [0.15, 0.2) is 0 Å². The number of esters is 2. The van der Waals surface area contributed by atoms with Crippen LogP contribution in [0.25, 0.3) is 0 Å². The van der Waals surface area contributed by atoms with Crippen molar-refractivity contribution in [3.63, 3.8) is 0 Å². The van der Waals surface area contributed by atoms with Crippen molar-refractivity contribution in [2.45, 2.75) is 405 Å². The van der Waals surface area contributed by atoms with Crippen LogP contribution in [0.4, 0.5) is 0 Å². The van der Waals surface area contributed by atoms with Gasteiger partial charge in [-0.2, -0.15) is 0 Å². The van der Waals surface area contributed by atoms with Gasteiger partial charge in [-0.25, -0.2) is 4.57 Å². The molecule has 82 heavy (non-hydrogen) atoms. The summed E-state index contributed by atoms with van der Waals surface area (Å²) in [5.74, 6) is -0.766. The first-order valence-corrected chi connectivity index (χ1v) is 38.3. The molecule has 0 aliphatic carbocycles. The molecule has 0 aliphatic rings. The number of nitrogens with zero attached hydrogens (tertiary/aromatic N) is 1. The van der Waals surface area contributed by atoms with E-state index in [2.05, 4.69) is 13.8 Å². The summed E-state index contributed by atoms with van der Waals surface area (Å²) < 4.78 is 34.8. The van der Waals surface area contributed by atoms with E-state index in [4.69, 9.17) is 18.5 Å². The first kappa shape index (κ1) is 81.0. The summed E-state index contributed by atoms with van der Waals surface area (Å²) in [4.78, 5) is 35.9. The van der Waals surface area contributed by atoms with Gasteiger partial charge in [-0.05, 0) is 12.8 Å². The van der Waals surface area contributed by atoms with Crippen molar-refractivity contribution in [1.29, 1.82) is 0 Å². The number of phosphoric acid groups is 1. The summed E-state index contributed by atoms with van der Waals surface area (Å²) in [6.07, 6.45) is 78.0. The summed E-state index contributed by atoms with van der Waals surface area (Å²) in [6.45, 7) is 4.54. The topological polar surface area (TPSA) is 108 Å². The molecule has 0 amide bonds. The molecule has 0 fully saturated rings. The quantitative estimate of drug-likeness (QED) is 0.0278. The maximum absolute atomic E-state index is 12.9. The molecule has 10 heteroatoms. The fourth-order valence-corrected chi connectivity index (χ4v) is 12.2. The highest BCUT2D eigenvalue weighted by atomic mass is 31.2. The van der Waals surface area contributed by atoms with Crippen molar-refractivity contribution in [3.05, 3.63) is 0 Å². The number of hydrogen-bond donors (Lipinski definition) is 1. The highest BCUT2D eigenvalue weighted by Gasteiger charge is 2.27. The number of phosphoric ester groups is 1. The normalized spacial score (nSPS) is 13.0. The Morgan fingerprint density at radius 2 is 0.549 bits per heavy atom. The number of unbranched alkanes of at least 4 members (excludes halogenated alkanes) is 56. The van der Waals surface area contributed by atoms with Crippen LogP contribution in [-0.2, 0) is 32.7 Å². The lowest BCUT2D eigenvalue weighted by Crippen LogP contribution is -2.37. The number of rotatable bonds is 70. The lowest BCUT2D eigenvalue weighted by Gasteiger charge is -2.24. The Labute approximate surface area is 512 Å². The third-order valence-corrected chi connectivity index (χ3v) is 18.1. The van der Waals surface area contributed by atoms with Crippen LogP contribution < -0.4 is 0 Å². The Hall–Kier alpha value is -0.990. The van der Waals surface area contributed by atoms with Gasteiger partial charge in [-0.1, -0.05) is 373 Å². The molecule has 0 aromatic rings. The van der Waals surface area contributed by atoms with E-state index in [-0.39, 0.29) is 25.6 Å². The van der Waals surface area contributed by atoms with E-state index in [1.165, 1.54) is 334 Å². The van der Waals surface area contributed by atoms with Gasteiger partial charge in [0.1, 0.15) is 19.8 Å². The lowest BCUT2D eigenvalue weighted by molar-refractivity contribution is -0.870. The second kappa shape index (κ2) is 64.5. The van der Waals surface area contributed by atoms with Crippen molar-refractivity contribution >= 4 is 19.8 Å². The minimum absolute atomic E-state index is 0.0378. The molecule has 1 N–H and O–H groups in total. The fraction of sp³-hybridized carbons (Fsp3) is 0.972. The Balaban J connectivity index is 3.94. The summed E-state index contributed by atoms with van der Waals surface area (Å²) in [6, 6.07) is 0. The standard InChI is InChI=1S/C72H144NO8P/c1-6-8-10-12-14-16-18-20-22-24-26-28-30-32-34-36-37-39-41-43-45-47-49-51-53-55-57-59-61-63-65-72(75)81-70(69-80-82(76,77)79-67-66-73(3,4)5)68-78-71(74)64-62-60-58-56-54-52-50-48-46-44-42-40-38-35-33-31-29-27-25-23-21-19-17-15-13-11-9-7-2/h70H,6-69H2,1-5H3/p+1. The molecular formula is C72H145NO8P+. The Morgan fingerprint density at radius 3 is 0.780 bits per heavy atom. The number of likely N-dealkylation sites (N-methyl/N-ethyl adjacent to an activating group) is 1. The Morgan fingerprint density at radius 1 is 0.329 bits per heavy atom. The largest absolute Gasteiger partial charge is 0.472 e. The van der Waals surface area contributed by atoms with Gasteiger partial charge >= 0.3 is 19.8 Å². The smallest absolute Gasteiger partial charge is 0.462 e. The molecule has 0 rings (SSSR count). The molecule has 2 atom stereocenters. The van der Waals surface area contributed by atoms with E-state index < -0.39 is 26.5 Å². The van der Waals surface area contributed by atoms with E-state index in [0.717, 1.165) is 38.5 Å². The SMILES string of the molecule is CCCCCCCCCCCCCCCCCCCCCCCCCCCCCCCCC(=O)OC(COC(=O)CCCCCCCCCCCCCCCCCCCCCCCCCCCCCC)COP(=O)(O)OCC[N+](C)(C)C. The zero-order valence-electron chi connectivity index (χ0n) is 56.0. The molecule has 2 unspecified atom stereocenters. The number of carbonyl (C=O) groups is 2. The highest BCUT2D eigenvalue weighted by Crippen LogP contribution is 2.43. The van der Waals surface area contributed by atoms with Gasteiger partial charge in [0.2, 0.25) is 0 Å². The molecule has 0 radical (unpaired) electrons. The van der Waals surface area contributed by atoms with Gasteiger partial charge in [0.05, 0.1) is 27.7 Å². The van der Waals surface area contributed by atoms with Crippen LogP contribution in [-0.4, -0.2) is 74.9 Å². The van der Waals surface area contributed by atoms with Crippen LogP contribution >= 0.6 is 7.82 Å². The van der Waals surface area contributed by atoms with Gasteiger partial charge in [0, 0.05) is 12.8 Å². The second-order valence-corrected chi connectivity index (χ2v) is 28.2. The van der Waals surface area contributed by atoms with Crippen LogP contribution in [0.5, 0.6) is 0 Å². The maximum Gasteiger partial charge on any atom is 0.472 e. The van der Waals surface area contributed by atoms with Crippen LogP contribution in [0.3, 0.4) is 0 Å². The number of quaternary nitrogens is 1. The lowest BCUT2D eigenvalue weighted by atomic mass is 10.0. The van der Waals surface area contributed by atoms with E-state index in [1.807, 2.05) is 21.1 Å². The maximum atomic E-state index is 12.9. The van der Waals surface area contributed by atoms with Crippen molar-refractivity contribution in [2.24, 2.45) is 0 Å². The number of ether oxygens (including phenoxy) is 2. The minimum Gasteiger partial charge on any atom is -0.462 e. The van der Waals surface area contributed by atoms with E-state index in [9.17, 15) is 19.0 Å². The molecule has 0 aromatic heterocycles. The number of carbonyl (C=O) groups excluding carboxylic acids is 2. The molecule has 0 aliphatic heterocycles. The van der Waals surface area contributed by atoms with Crippen molar-refractivity contribution in [2.75, 3.05) is 47.5 Å². The highest BCUT2D eigenvalue weighted by molar-refractivity contribution is 7.47.